The molecular formula is C23H22N2O2S2. The van der Waals surface area contributed by atoms with Crippen molar-refractivity contribution in [2.75, 3.05) is 23.4 Å². The Morgan fingerprint density at radius 1 is 0.897 bits per heavy atom. The molecule has 1 aliphatic heterocycles. The molecule has 6 heteroatoms. The van der Waals surface area contributed by atoms with Crippen LogP contribution in [-0.4, -0.2) is 29.9 Å². The number of nitrogens with one attached hydrogen (secondary N) is 2. The van der Waals surface area contributed by atoms with E-state index in [2.05, 4.69) is 16.7 Å². The highest BCUT2D eigenvalue weighted by molar-refractivity contribution is 8.19. The number of carbonyl (C=O) groups is 2. The molecule has 2 N–H and O–H groups in total. The summed E-state index contributed by atoms with van der Waals surface area (Å²) in [5, 5.41) is 7.78. The second-order valence-electron chi connectivity index (χ2n) is 6.84. The first-order valence-electron chi connectivity index (χ1n) is 9.55. The summed E-state index contributed by atoms with van der Waals surface area (Å²) >= 11 is 3.86. The van der Waals surface area contributed by atoms with Gasteiger partial charge in [-0.05, 0) is 34.0 Å². The van der Waals surface area contributed by atoms with Gasteiger partial charge >= 0.3 is 0 Å². The van der Waals surface area contributed by atoms with E-state index in [1.54, 1.807) is 0 Å². The van der Waals surface area contributed by atoms with Gasteiger partial charge in [-0.3, -0.25) is 9.59 Å². The monoisotopic (exact) mass is 422 g/mol. The lowest BCUT2D eigenvalue weighted by Gasteiger charge is -2.12. The standard InChI is InChI=1S/C23H22N2O2S2/c26-21(14-17-7-3-6-16-5-1-2-10-20(16)17)24-15-22(27)25-19-9-4-8-18(13-19)23-28-11-12-29-23/h1-10,13,23H,11-12,14-15H2,(H,24,26)(H,25,27). The van der Waals surface area contributed by atoms with Gasteiger partial charge in [-0.2, -0.15) is 0 Å². The summed E-state index contributed by atoms with van der Waals surface area (Å²) in [6, 6.07) is 21.9. The van der Waals surface area contributed by atoms with Crippen molar-refractivity contribution in [3.63, 3.8) is 0 Å². The van der Waals surface area contributed by atoms with E-state index in [1.807, 2.05) is 84.2 Å². The van der Waals surface area contributed by atoms with E-state index in [1.165, 1.54) is 5.56 Å². The van der Waals surface area contributed by atoms with Gasteiger partial charge in [0.05, 0.1) is 17.5 Å². The SMILES string of the molecule is O=C(Cc1cccc2ccccc12)NCC(=O)Nc1cccc(C2SCCS2)c1. The first-order valence-corrected chi connectivity index (χ1v) is 11.7. The lowest BCUT2D eigenvalue weighted by molar-refractivity contribution is -0.123. The number of thioether (sulfide) groups is 2. The third-order valence-corrected chi connectivity index (χ3v) is 7.85. The van der Waals surface area contributed by atoms with Crippen molar-refractivity contribution in [1.29, 1.82) is 0 Å². The number of hydrogen-bond acceptors (Lipinski definition) is 4. The Labute approximate surface area is 178 Å². The summed E-state index contributed by atoms with van der Waals surface area (Å²) in [5.74, 6) is 1.94. The van der Waals surface area contributed by atoms with Crippen molar-refractivity contribution in [3.8, 4) is 0 Å². The van der Waals surface area contributed by atoms with Gasteiger partial charge < -0.3 is 10.6 Å². The maximum Gasteiger partial charge on any atom is 0.243 e. The molecule has 2 amide bonds. The van der Waals surface area contributed by atoms with Crippen molar-refractivity contribution in [2.24, 2.45) is 0 Å². The normalized spacial score (nSPS) is 14.1. The summed E-state index contributed by atoms with van der Waals surface area (Å²) < 4.78 is 0.437. The summed E-state index contributed by atoms with van der Waals surface area (Å²) in [4.78, 5) is 24.6. The molecular weight excluding hydrogens is 400 g/mol. The number of rotatable bonds is 6. The minimum atomic E-state index is -0.222. The van der Waals surface area contributed by atoms with Crippen molar-refractivity contribution in [2.45, 2.75) is 11.0 Å². The predicted molar refractivity (Wildman–Crippen MR) is 123 cm³/mol. The van der Waals surface area contributed by atoms with Crippen LogP contribution in [0.5, 0.6) is 0 Å². The average molecular weight is 423 g/mol. The summed E-state index contributed by atoms with van der Waals surface area (Å²) in [5.41, 5.74) is 2.94. The topological polar surface area (TPSA) is 58.2 Å². The van der Waals surface area contributed by atoms with Crippen LogP contribution in [0.25, 0.3) is 10.8 Å². The van der Waals surface area contributed by atoms with Gasteiger partial charge in [-0.15, -0.1) is 23.5 Å². The number of carbonyl (C=O) groups excluding carboxylic acids is 2. The van der Waals surface area contributed by atoms with E-state index in [0.29, 0.717) is 4.58 Å². The molecule has 1 aliphatic rings. The van der Waals surface area contributed by atoms with Crippen LogP contribution in [0.1, 0.15) is 15.7 Å². The molecule has 1 fully saturated rings. The van der Waals surface area contributed by atoms with Gasteiger partial charge in [0.15, 0.2) is 0 Å². The van der Waals surface area contributed by atoms with Crippen LogP contribution in [0.15, 0.2) is 66.7 Å². The third-order valence-electron chi connectivity index (χ3n) is 4.74. The summed E-state index contributed by atoms with van der Waals surface area (Å²) in [6.45, 7) is -0.0409. The molecule has 0 radical (unpaired) electrons. The van der Waals surface area contributed by atoms with Crippen LogP contribution in [0.4, 0.5) is 5.69 Å². The molecule has 3 aromatic rings. The Kier molecular flexibility index (Phi) is 6.42. The van der Waals surface area contributed by atoms with Gasteiger partial charge in [0.1, 0.15) is 0 Å². The van der Waals surface area contributed by atoms with E-state index >= 15 is 0 Å². The molecule has 0 unspecified atom stereocenters. The van der Waals surface area contributed by atoms with Crippen molar-refractivity contribution < 1.29 is 9.59 Å². The molecule has 0 spiro atoms. The van der Waals surface area contributed by atoms with E-state index in [4.69, 9.17) is 0 Å². The third kappa shape index (κ3) is 5.14. The molecule has 1 saturated heterocycles. The fourth-order valence-corrected chi connectivity index (χ4v) is 6.22. The Bertz CT molecular complexity index is 1030. The molecule has 0 atom stereocenters. The van der Waals surface area contributed by atoms with Gasteiger partial charge in [0.25, 0.3) is 0 Å². The van der Waals surface area contributed by atoms with E-state index < -0.39 is 0 Å². The van der Waals surface area contributed by atoms with Gasteiger partial charge in [0.2, 0.25) is 11.8 Å². The lowest BCUT2D eigenvalue weighted by atomic mass is 10.0. The molecule has 3 aromatic carbocycles. The first-order chi connectivity index (χ1) is 14.2. The maximum atomic E-state index is 12.3. The number of benzene rings is 3. The van der Waals surface area contributed by atoms with E-state index in [9.17, 15) is 9.59 Å². The molecule has 0 aliphatic carbocycles. The first kappa shape index (κ1) is 19.9. The van der Waals surface area contributed by atoms with Crippen LogP contribution in [-0.2, 0) is 16.0 Å². The second-order valence-corrected chi connectivity index (χ2v) is 9.56. The Balaban J connectivity index is 1.31. The predicted octanol–water partition coefficient (Wildman–Crippen LogP) is 4.62. The van der Waals surface area contributed by atoms with Gasteiger partial charge in [0, 0.05) is 17.2 Å². The number of fused-ring (bicyclic) bond motifs is 1. The zero-order chi connectivity index (χ0) is 20.1. The molecule has 29 heavy (non-hydrogen) atoms. The van der Waals surface area contributed by atoms with Crippen molar-refractivity contribution in [3.05, 3.63) is 77.9 Å². The number of hydrogen-bond donors (Lipinski definition) is 2. The van der Waals surface area contributed by atoms with Crippen LogP contribution >= 0.6 is 23.5 Å². The van der Waals surface area contributed by atoms with E-state index in [0.717, 1.165) is 33.5 Å². The molecule has 4 rings (SSSR count). The van der Waals surface area contributed by atoms with Crippen LogP contribution in [0, 0.1) is 0 Å². The number of amides is 2. The van der Waals surface area contributed by atoms with Gasteiger partial charge in [-0.25, -0.2) is 0 Å². The van der Waals surface area contributed by atoms with Crippen molar-refractivity contribution >= 4 is 51.8 Å². The number of anilines is 1. The highest BCUT2D eigenvalue weighted by atomic mass is 32.2. The molecule has 1 heterocycles. The van der Waals surface area contributed by atoms with Crippen LogP contribution in [0.2, 0.25) is 0 Å². The van der Waals surface area contributed by atoms with Crippen LogP contribution < -0.4 is 10.6 Å². The zero-order valence-corrected chi connectivity index (χ0v) is 17.5. The highest BCUT2D eigenvalue weighted by Gasteiger charge is 2.18. The minimum absolute atomic E-state index is 0.0409. The largest absolute Gasteiger partial charge is 0.347 e. The fourth-order valence-electron chi connectivity index (χ4n) is 3.38. The Morgan fingerprint density at radius 3 is 2.52 bits per heavy atom. The van der Waals surface area contributed by atoms with Gasteiger partial charge in [-0.1, -0.05) is 54.6 Å². The van der Waals surface area contributed by atoms with Crippen molar-refractivity contribution in [1.82, 2.24) is 5.32 Å². The second kappa shape index (κ2) is 9.37. The molecule has 0 bridgehead atoms. The molecule has 0 saturated carbocycles. The fraction of sp³-hybridized carbons (Fsp3) is 0.217. The molecule has 148 valence electrons. The summed E-state index contributed by atoms with van der Waals surface area (Å²) in [6.07, 6.45) is 0.250. The highest BCUT2D eigenvalue weighted by Crippen LogP contribution is 2.45. The lowest BCUT2D eigenvalue weighted by Crippen LogP contribution is -2.33. The Hall–Kier alpha value is -2.44. The quantitative estimate of drug-likeness (QED) is 0.609. The minimum Gasteiger partial charge on any atom is -0.347 e. The zero-order valence-electron chi connectivity index (χ0n) is 15.9. The molecule has 0 aromatic heterocycles. The van der Waals surface area contributed by atoms with Crippen LogP contribution in [0.3, 0.4) is 0 Å². The van der Waals surface area contributed by atoms with E-state index in [-0.39, 0.29) is 24.8 Å². The smallest absolute Gasteiger partial charge is 0.243 e. The molecule has 4 nitrogen and oxygen atoms in total. The Morgan fingerprint density at radius 2 is 1.66 bits per heavy atom. The maximum absolute atomic E-state index is 12.3. The summed E-state index contributed by atoms with van der Waals surface area (Å²) in [7, 11) is 0. The average Bonchev–Trinajstić information content (AvgIpc) is 3.28.